The van der Waals surface area contributed by atoms with Crippen molar-refractivity contribution in [3.8, 4) is 17.2 Å². The highest BCUT2D eigenvalue weighted by molar-refractivity contribution is 5.72. The van der Waals surface area contributed by atoms with Gasteiger partial charge in [-0.1, -0.05) is 30.3 Å². The highest BCUT2D eigenvalue weighted by Crippen LogP contribution is 2.18. The molecule has 0 saturated heterocycles. The molecular weight excluding hydrogens is 505 g/mol. The van der Waals surface area contributed by atoms with Gasteiger partial charge < -0.3 is 29.0 Å². The number of ether oxygens (including phenoxy) is 4. The molecule has 0 aromatic heterocycles. The molecular formula is C30H34FNO7. The van der Waals surface area contributed by atoms with E-state index in [9.17, 15) is 19.1 Å². The number of hydrogen-bond donors (Lipinski definition) is 1. The molecule has 9 heteroatoms. The third-order valence-corrected chi connectivity index (χ3v) is 5.82. The Labute approximate surface area is 227 Å². The van der Waals surface area contributed by atoms with Crippen LogP contribution in [0.4, 0.5) is 9.18 Å². The van der Waals surface area contributed by atoms with Gasteiger partial charge in [-0.3, -0.25) is 0 Å². The molecule has 3 rings (SSSR count). The number of hydrogen-bond acceptors (Lipinski definition) is 6. The van der Waals surface area contributed by atoms with E-state index in [1.54, 1.807) is 60.4 Å². The molecule has 1 atom stereocenters. The lowest BCUT2D eigenvalue weighted by Crippen LogP contribution is -2.38. The van der Waals surface area contributed by atoms with E-state index >= 15 is 0 Å². The number of halogens is 1. The van der Waals surface area contributed by atoms with Crippen LogP contribution in [0.3, 0.4) is 0 Å². The summed E-state index contributed by atoms with van der Waals surface area (Å²) in [4.78, 5) is 25.8. The molecule has 3 aromatic rings. The third kappa shape index (κ3) is 9.94. The van der Waals surface area contributed by atoms with E-state index in [4.69, 9.17) is 18.9 Å². The first-order valence-corrected chi connectivity index (χ1v) is 12.8. The van der Waals surface area contributed by atoms with Crippen molar-refractivity contribution in [2.24, 2.45) is 0 Å². The van der Waals surface area contributed by atoms with Crippen LogP contribution in [-0.4, -0.2) is 61.1 Å². The zero-order valence-corrected chi connectivity index (χ0v) is 22.2. The monoisotopic (exact) mass is 539 g/mol. The lowest BCUT2D eigenvalue weighted by molar-refractivity contribution is -0.149. The van der Waals surface area contributed by atoms with Crippen molar-refractivity contribution in [2.75, 3.05) is 32.9 Å². The first-order valence-electron chi connectivity index (χ1n) is 12.8. The number of amides is 1. The fourth-order valence-electron chi connectivity index (χ4n) is 3.73. The Balaban J connectivity index is 1.54. The molecule has 39 heavy (non-hydrogen) atoms. The maximum absolute atomic E-state index is 13.1. The molecule has 3 aromatic carbocycles. The number of benzene rings is 3. The van der Waals surface area contributed by atoms with Crippen molar-refractivity contribution in [1.82, 2.24) is 4.90 Å². The number of carbonyl (C=O) groups excluding carboxylic acids is 1. The second-order valence-electron chi connectivity index (χ2n) is 8.76. The molecule has 0 radical (unpaired) electrons. The smallest absolute Gasteiger partial charge is 0.415 e. The topological polar surface area (TPSA) is 94.5 Å². The maximum atomic E-state index is 13.1. The van der Waals surface area contributed by atoms with Crippen LogP contribution in [0.5, 0.6) is 17.2 Å². The number of nitrogens with zero attached hydrogens (tertiary/aromatic N) is 1. The molecule has 0 aliphatic carbocycles. The second-order valence-corrected chi connectivity index (χ2v) is 8.76. The molecule has 208 valence electrons. The number of carbonyl (C=O) groups is 2. The van der Waals surface area contributed by atoms with E-state index in [2.05, 4.69) is 0 Å². The summed E-state index contributed by atoms with van der Waals surface area (Å²) in [5.41, 5.74) is 1.66. The van der Waals surface area contributed by atoms with Crippen LogP contribution in [0.25, 0.3) is 0 Å². The molecule has 0 bridgehead atoms. The summed E-state index contributed by atoms with van der Waals surface area (Å²) in [5, 5.41) is 9.27. The Morgan fingerprint density at radius 1 is 0.897 bits per heavy atom. The molecule has 8 nitrogen and oxygen atoms in total. The Kier molecular flexibility index (Phi) is 11.6. The van der Waals surface area contributed by atoms with Crippen molar-refractivity contribution < 1.29 is 38.0 Å². The van der Waals surface area contributed by atoms with Crippen molar-refractivity contribution in [2.45, 2.75) is 32.8 Å². The molecule has 1 N–H and O–H groups in total. The minimum atomic E-state index is -1.00. The standard InChI is InChI=1S/C30H34FNO7/c1-3-36-28(29(33)34)21-23-9-13-25(14-10-23)38-20-18-32(30(35)39-27-8-5-4-7-22(27)2)17-6-19-37-26-15-11-24(31)12-16-26/h4-5,7-16,28H,3,6,17-21H2,1-2H3,(H,33,34). The van der Waals surface area contributed by atoms with Gasteiger partial charge in [0.1, 0.15) is 29.7 Å². The summed E-state index contributed by atoms with van der Waals surface area (Å²) in [6, 6.07) is 20.1. The fraction of sp³-hybridized carbons (Fsp3) is 0.333. The molecule has 1 amide bonds. The van der Waals surface area contributed by atoms with Crippen LogP contribution in [0.15, 0.2) is 72.8 Å². The fourth-order valence-corrected chi connectivity index (χ4v) is 3.73. The minimum Gasteiger partial charge on any atom is -0.494 e. The largest absolute Gasteiger partial charge is 0.494 e. The minimum absolute atomic E-state index is 0.220. The summed E-state index contributed by atoms with van der Waals surface area (Å²) in [6.07, 6.45) is -0.621. The van der Waals surface area contributed by atoms with Crippen LogP contribution in [0.2, 0.25) is 0 Å². The van der Waals surface area contributed by atoms with Crippen LogP contribution in [0, 0.1) is 12.7 Å². The average Bonchev–Trinajstić information content (AvgIpc) is 2.92. The van der Waals surface area contributed by atoms with Gasteiger partial charge >= 0.3 is 12.1 Å². The lowest BCUT2D eigenvalue weighted by atomic mass is 10.1. The number of para-hydroxylation sites is 1. The zero-order chi connectivity index (χ0) is 28.0. The van der Waals surface area contributed by atoms with Gasteiger partial charge in [-0.15, -0.1) is 0 Å². The third-order valence-electron chi connectivity index (χ3n) is 5.82. The van der Waals surface area contributed by atoms with Gasteiger partial charge in [0.05, 0.1) is 13.2 Å². The maximum Gasteiger partial charge on any atom is 0.415 e. The van der Waals surface area contributed by atoms with Gasteiger partial charge in [0.15, 0.2) is 6.10 Å². The Bertz CT molecular complexity index is 1180. The Hall–Kier alpha value is -4.11. The summed E-state index contributed by atoms with van der Waals surface area (Å²) in [7, 11) is 0. The highest BCUT2D eigenvalue weighted by Gasteiger charge is 2.19. The molecule has 0 saturated carbocycles. The molecule has 0 fully saturated rings. The SMILES string of the molecule is CCOC(Cc1ccc(OCCN(CCCOc2ccc(F)cc2)C(=O)Oc2ccccc2C)cc1)C(=O)O. The normalized spacial score (nSPS) is 11.5. The van der Waals surface area contributed by atoms with E-state index in [0.29, 0.717) is 43.4 Å². The van der Waals surface area contributed by atoms with Crippen molar-refractivity contribution in [3.63, 3.8) is 0 Å². The lowest BCUT2D eigenvalue weighted by Gasteiger charge is -2.22. The van der Waals surface area contributed by atoms with E-state index in [1.165, 1.54) is 12.1 Å². The van der Waals surface area contributed by atoms with Gasteiger partial charge in [0, 0.05) is 19.6 Å². The van der Waals surface area contributed by atoms with Gasteiger partial charge in [-0.25, -0.2) is 14.0 Å². The number of carboxylic acids is 1. The number of aliphatic carboxylic acids is 1. The predicted molar refractivity (Wildman–Crippen MR) is 144 cm³/mol. The molecule has 0 heterocycles. The Morgan fingerprint density at radius 3 is 2.18 bits per heavy atom. The van der Waals surface area contributed by atoms with Crippen LogP contribution >= 0.6 is 0 Å². The predicted octanol–water partition coefficient (Wildman–Crippen LogP) is 5.52. The van der Waals surface area contributed by atoms with Gasteiger partial charge in [-0.05, 0) is 73.9 Å². The van der Waals surface area contributed by atoms with Gasteiger partial charge in [0.2, 0.25) is 0 Å². The number of rotatable bonds is 15. The van der Waals surface area contributed by atoms with Gasteiger partial charge in [-0.2, -0.15) is 0 Å². The summed E-state index contributed by atoms with van der Waals surface area (Å²) >= 11 is 0. The van der Waals surface area contributed by atoms with E-state index < -0.39 is 18.2 Å². The average molecular weight is 540 g/mol. The zero-order valence-electron chi connectivity index (χ0n) is 22.2. The number of carboxylic acid groups (broad SMARTS) is 1. The summed E-state index contributed by atoms with van der Waals surface area (Å²) in [6.45, 7) is 5.13. The van der Waals surface area contributed by atoms with Crippen LogP contribution < -0.4 is 14.2 Å². The second kappa shape index (κ2) is 15.3. The van der Waals surface area contributed by atoms with E-state index in [-0.39, 0.29) is 25.4 Å². The highest BCUT2D eigenvalue weighted by atomic mass is 19.1. The van der Waals surface area contributed by atoms with Crippen LogP contribution in [0.1, 0.15) is 24.5 Å². The van der Waals surface area contributed by atoms with Crippen LogP contribution in [-0.2, 0) is 16.0 Å². The quantitative estimate of drug-likeness (QED) is 0.254. The van der Waals surface area contributed by atoms with E-state index in [1.807, 2.05) is 19.1 Å². The summed E-state index contributed by atoms with van der Waals surface area (Å²) in [5.74, 6) is 0.287. The van der Waals surface area contributed by atoms with Gasteiger partial charge in [0.25, 0.3) is 0 Å². The number of aryl methyl sites for hydroxylation is 1. The first-order chi connectivity index (χ1) is 18.9. The first kappa shape index (κ1) is 29.4. The molecule has 1 unspecified atom stereocenters. The molecule has 0 aliphatic rings. The molecule has 0 aliphatic heterocycles. The van der Waals surface area contributed by atoms with Crippen molar-refractivity contribution in [1.29, 1.82) is 0 Å². The van der Waals surface area contributed by atoms with E-state index in [0.717, 1.165) is 11.1 Å². The summed E-state index contributed by atoms with van der Waals surface area (Å²) < 4.78 is 35.5. The van der Waals surface area contributed by atoms with Crippen molar-refractivity contribution >= 4 is 12.1 Å². The Morgan fingerprint density at radius 2 is 1.54 bits per heavy atom. The van der Waals surface area contributed by atoms with Crippen molar-refractivity contribution in [3.05, 3.63) is 89.7 Å². The molecule has 0 spiro atoms.